The summed E-state index contributed by atoms with van der Waals surface area (Å²) in [5.41, 5.74) is 0. The van der Waals surface area contributed by atoms with Crippen LogP contribution in [-0.4, -0.2) is 9.12 Å². The van der Waals surface area contributed by atoms with Crippen LogP contribution in [0.1, 0.15) is 0 Å². The van der Waals surface area contributed by atoms with Crippen LogP contribution in [0.2, 0.25) is 6.55 Å². The topological polar surface area (TPSA) is 0 Å². The molecule has 0 heterocycles. The van der Waals surface area contributed by atoms with Crippen LogP contribution < -0.4 is 0 Å². The fraction of sp³-hybridized carbons (Fsp3) is 1.00. The fourth-order valence-corrected chi connectivity index (χ4v) is 0. The van der Waals surface area contributed by atoms with Gasteiger partial charge < -0.3 is 0 Å². The van der Waals surface area contributed by atoms with Crippen molar-refractivity contribution >= 4 is 74.5 Å². The maximum atomic E-state index is 2.61. The van der Waals surface area contributed by atoms with E-state index >= 15 is 0 Å². The van der Waals surface area contributed by atoms with E-state index in [4.69, 9.17) is 0 Å². The molecule has 0 spiro atoms. The van der Waals surface area contributed by atoms with Gasteiger partial charge in [0.1, 0.15) is 0 Å². The molecule has 0 unspecified atom stereocenters. The Morgan fingerprint density at radius 1 is 1.33 bits per heavy atom. The van der Waals surface area contributed by atoms with Crippen molar-refractivity contribution in [2.24, 2.45) is 0 Å². The van der Waals surface area contributed by atoms with Crippen LogP contribution in [0.4, 0.5) is 0 Å². The summed E-state index contributed by atoms with van der Waals surface area (Å²) in [6, 6.07) is 0. The second-order valence-electron chi connectivity index (χ2n) is 0.969. The maximum Gasteiger partial charge on any atom is 0.234 e. The van der Waals surface area contributed by atoms with Crippen molar-refractivity contribution in [3.63, 3.8) is 0 Å². The standard InChI is InChI=1S/CH5I3Si2/c1-5-6(2,3)4/h5H2,1H3. The maximum absolute atomic E-state index is 2.61. The van der Waals surface area contributed by atoms with Crippen molar-refractivity contribution in [1.82, 2.24) is 0 Å². The van der Waals surface area contributed by atoms with Crippen LogP contribution in [0.3, 0.4) is 0 Å². The zero-order valence-electron chi connectivity index (χ0n) is 3.34. The van der Waals surface area contributed by atoms with Crippen LogP contribution >= 0.6 is 65.4 Å². The predicted molar refractivity (Wildman–Crippen MR) is 62.2 cm³/mol. The molecule has 5 heteroatoms. The molecule has 0 N–H and O–H groups in total. The number of rotatable bonds is 1. The second-order valence-corrected chi connectivity index (χ2v) is 56.3. The van der Waals surface area contributed by atoms with Gasteiger partial charge in [-0.1, -0.05) is 71.9 Å². The predicted octanol–water partition coefficient (Wildman–Crippen LogP) is 1.94. The van der Waals surface area contributed by atoms with Crippen LogP contribution in [-0.2, 0) is 0 Å². The number of halogens is 3. The van der Waals surface area contributed by atoms with Gasteiger partial charge in [0.15, 0.2) is 0 Å². The molecule has 0 aliphatic heterocycles. The summed E-state index contributed by atoms with van der Waals surface area (Å²) in [6.07, 6.45) is 0. The Bertz CT molecular complexity index is 38.5. The summed E-state index contributed by atoms with van der Waals surface area (Å²) in [5, 5.41) is 0. The Balaban J connectivity index is 3.17. The first-order valence-electron chi connectivity index (χ1n) is 1.63. The minimum absolute atomic E-state index is 0.351. The highest BCUT2D eigenvalue weighted by Crippen LogP contribution is 2.26. The van der Waals surface area contributed by atoms with Crippen molar-refractivity contribution in [3.8, 4) is 0 Å². The van der Waals surface area contributed by atoms with Crippen LogP contribution in [0.25, 0.3) is 0 Å². The summed E-state index contributed by atoms with van der Waals surface area (Å²) in [5.74, 6) is 0. The Kier molecular flexibility index (Phi) is 5.19. The molecule has 0 aliphatic rings. The highest BCUT2D eigenvalue weighted by atomic mass is 127. The van der Waals surface area contributed by atoms with Gasteiger partial charge in [0.25, 0.3) is 0 Å². The molecule has 0 aromatic heterocycles. The van der Waals surface area contributed by atoms with E-state index in [9.17, 15) is 0 Å². The fourth-order valence-electron chi connectivity index (χ4n) is 0. The van der Waals surface area contributed by atoms with E-state index in [0.717, 1.165) is 0 Å². The van der Waals surface area contributed by atoms with Gasteiger partial charge in [-0.05, 0) is 0 Å². The monoisotopic (exact) mass is 454 g/mol. The molecule has 38 valence electrons. The zero-order valence-corrected chi connectivity index (χ0v) is 12.2. The third-order valence-corrected chi connectivity index (χ3v) is 24.2. The quantitative estimate of drug-likeness (QED) is 0.323. The first-order valence-corrected chi connectivity index (χ1v) is 16.7. The summed E-state index contributed by atoms with van der Waals surface area (Å²) in [4.78, 5) is 0. The molecule has 0 saturated carbocycles. The lowest BCUT2D eigenvalue weighted by molar-refractivity contribution is 2.37. The molecule has 0 saturated heterocycles. The molecule has 0 nitrogen and oxygen atoms in total. The average molecular weight is 454 g/mol. The molecule has 6 heavy (non-hydrogen) atoms. The van der Waals surface area contributed by atoms with E-state index in [1.165, 1.54) is 0 Å². The van der Waals surface area contributed by atoms with Gasteiger partial charge in [0.2, 0.25) is 0.0813 Å². The summed E-state index contributed by atoms with van der Waals surface area (Å²) < 4.78 is -0.582. The first kappa shape index (κ1) is 8.62. The largest absolute Gasteiger partial charge is 0.234 e. The minimum atomic E-state index is -0.582. The molecule has 0 aromatic carbocycles. The zero-order chi connectivity index (χ0) is 5.21. The highest BCUT2D eigenvalue weighted by Gasteiger charge is 2.16. The van der Waals surface area contributed by atoms with E-state index in [1.807, 2.05) is 0 Å². The molecular formula is CH5I3Si2. The van der Waals surface area contributed by atoms with E-state index in [-0.39, 0.29) is 0 Å². The molecule has 0 aliphatic carbocycles. The summed E-state index contributed by atoms with van der Waals surface area (Å²) in [7, 11) is 0.351. The first-order chi connectivity index (χ1) is 2.56. The number of hydrogen-bond acceptors (Lipinski definition) is 0. The molecule has 0 amide bonds. The molecule has 0 bridgehead atoms. The molecule has 0 aromatic rings. The van der Waals surface area contributed by atoms with Gasteiger partial charge in [0.05, 0.1) is 0 Å². The van der Waals surface area contributed by atoms with Crippen molar-refractivity contribution in [2.45, 2.75) is 6.55 Å². The molecular weight excluding hydrogens is 449 g/mol. The van der Waals surface area contributed by atoms with E-state index in [1.54, 1.807) is 0 Å². The van der Waals surface area contributed by atoms with Crippen molar-refractivity contribution < 1.29 is 0 Å². The highest BCUT2D eigenvalue weighted by molar-refractivity contribution is 14.4. The van der Waals surface area contributed by atoms with Gasteiger partial charge in [0, 0.05) is 9.04 Å². The smallest absolute Gasteiger partial charge is 0.0954 e. The Labute approximate surface area is 79.5 Å². The lowest BCUT2D eigenvalue weighted by Gasteiger charge is -2.00. The Hall–Kier alpha value is 2.62. The second kappa shape index (κ2) is 3.61. The van der Waals surface area contributed by atoms with Gasteiger partial charge in [-0.3, -0.25) is 0 Å². The van der Waals surface area contributed by atoms with Gasteiger partial charge in [-0.25, -0.2) is 0 Å². The molecule has 0 rings (SSSR count). The average Bonchev–Trinajstić information content (AvgIpc) is 1.35. The van der Waals surface area contributed by atoms with Crippen molar-refractivity contribution in [2.75, 3.05) is 0 Å². The third-order valence-electron chi connectivity index (χ3n) is 0.401. The Morgan fingerprint density at radius 3 is 1.50 bits per heavy atom. The van der Waals surface area contributed by atoms with Gasteiger partial charge >= 0.3 is 0 Å². The van der Waals surface area contributed by atoms with Gasteiger partial charge in [-0.2, -0.15) is 0 Å². The Morgan fingerprint density at radius 2 is 1.50 bits per heavy atom. The molecule has 0 fully saturated rings. The summed E-state index contributed by atoms with van der Waals surface area (Å²) >= 11 is 7.84. The normalized spacial score (nSPS) is 14.0. The van der Waals surface area contributed by atoms with E-state index < -0.39 is 0.0813 Å². The number of hydrogen-bond donors (Lipinski definition) is 0. The van der Waals surface area contributed by atoms with Crippen LogP contribution in [0, 0.1) is 0 Å². The third kappa shape index (κ3) is 6.62. The lowest BCUT2D eigenvalue weighted by Crippen LogP contribution is -2.13. The van der Waals surface area contributed by atoms with Crippen LogP contribution in [0.5, 0.6) is 0 Å². The van der Waals surface area contributed by atoms with Gasteiger partial charge in [-0.15, -0.1) is 0 Å². The lowest BCUT2D eigenvalue weighted by atomic mass is 11.9. The van der Waals surface area contributed by atoms with Crippen molar-refractivity contribution in [1.29, 1.82) is 0 Å². The van der Waals surface area contributed by atoms with E-state index in [2.05, 4.69) is 71.9 Å². The molecule has 0 radical (unpaired) electrons. The SMILES string of the molecule is C[SiH2][Si](I)(I)I. The molecule has 0 atom stereocenters. The summed E-state index contributed by atoms with van der Waals surface area (Å²) in [6.45, 7) is 2.39. The van der Waals surface area contributed by atoms with Crippen LogP contribution in [0.15, 0.2) is 0 Å². The van der Waals surface area contributed by atoms with Crippen molar-refractivity contribution in [3.05, 3.63) is 0 Å². The minimum Gasteiger partial charge on any atom is -0.0954 e. The van der Waals surface area contributed by atoms with E-state index in [0.29, 0.717) is 9.04 Å².